The van der Waals surface area contributed by atoms with E-state index in [9.17, 15) is 17.8 Å². The Bertz CT molecular complexity index is 888. The highest BCUT2D eigenvalue weighted by Crippen LogP contribution is 2.28. The number of rotatable bonds is 4. The maximum absolute atomic E-state index is 12.4. The normalized spacial score (nSPS) is 11.6. The van der Waals surface area contributed by atoms with Crippen LogP contribution in [0, 0.1) is 10.5 Å². The van der Waals surface area contributed by atoms with E-state index in [4.69, 9.17) is 4.74 Å². The van der Waals surface area contributed by atoms with Crippen LogP contribution in [-0.2, 0) is 10.1 Å². The highest BCUT2D eigenvalue weighted by molar-refractivity contribution is 14.1. The molecule has 0 aliphatic rings. The van der Waals surface area contributed by atoms with E-state index in [2.05, 4.69) is 22.6 Å². The highest BCUT2D eigenvalue weighted by atomic mass is 127. The zero-order chi connectivity index (χ0) is 18.1. The predicted octanol–water partition coefficient (Wildman–Crippen LogP) is 4.19. The molecule has 0 radical (unpaired) electrons. The van der Waals surface area contributed by atoms with Gasteiger partial charge in [0.05, 0.1) is 10.5 Å². The lowest BCUT2D eigenvalue weighted by Gasteiger charge is -2.15. The third kappa shape index (κ3) is 4.34. The van der Waals surface area contributed by atoms with Gasteiger partial charge in [-0.1, -0.05) is 19.9 Å². The molecule has 7 heteroatoms. The first-order valence-electron chi connectivity index (χ1n) is 7.19. The summed E-state index contributed by atoms with van der Waals surface area (Å²) in [6.07, 6.45) is 0. The highest BCUT2D eigenvalue weighted by Gasteiger charge is 2.22. The molecule has 24 heavy (non-hydrogen) atoms. The smallest absolute Gasteiger partial charge is 0.343 e. The molecule has 2 rings (SSSR count). The fourth-order valence-electron chi connectivity index (χ4n) is 2.29. The summed E-state index contributed by atoms with van der Waals surface area (Å²) in [6.45, 7) is 5.17. The maximum Gasteiger partial charge on any atom is 0.343 e. The number of hydrogen-bond acceptors (Lipinski definition) is 4. The van der Waals surface area contributed by atoms with E-state index < -0.39 is 16.1 Å². The van der Waals surface area contributed by atoms with Crippen LogP contribution < -0.4 is 4.74 Å². The standard InChI is InChI=1S/C17H17IO5S/c1-10(2)14-9-15(11(3)7-16(14)24(20,21)22)17(19)23-13-6-4-5-12(18)8-13/h4-10H,1-3H3,(H,20,21,22). The molecule has 0 atom stereocenters. The van der Waals surface area contributed by atoms with E-state index in [1.807, 2.05) is 6.07 Å². The summed E-state index contributed by atoms with van der Waals surface area (Å²) in [6, 6.07) is 9.82. The number of halogens is 1. The first-order chi connectivity index (χ1) is 11.1. The van der Waals surface area contributed by atoms with Gasteiger partial charge in [-0.3, -0.25) is 4.55 Å². The molecule has 0 heterocycles. The fourth-order valence-corrected chi connectivity index (χ4v) is 3.72. The molecule has 0 aliphatic heterocycles. The van der Waals surface area contributed by atoms with Crippen molar-refractivity contribution in [1.29, 1.82) is 0 Å². The molecule has 0 aliphatic carbocycles. The largest absolute Gasteiger partial charge is 0.423 e. The van der Waals surface area contributed by atoms with Crippen LogP contribution >= 0.6 is 22.6 Å². The minimum absolute atomic E-state index is 0.180. The fraction of sp³-hybridized carbons (Fsp3) is 0.235. The number of aryl methyl sites for hydroxylation is 1. The average molecular weight is 460 g/mol. The van der Waals surface area contributed by atoms with Gasteiger partial charge in [-0.05, 0) is 76.9 Å². The number of carbonyl (C=O) groups is 1. The molecule has 5 nitrogen and oxygen atoms in total. The van der Waals surface area contributed by atoms with Crippen LogP contribution in [0.15, 0.2) is 41.3 Å². The van der Waals surface area contributed by atoms with Gasteiger partial charge < -0.3 is 4.74 Å². The van der Waals surface area contributed by atoms with Crippen molar-refractivity contribution in [3.8, 4) is 5.75 Å². The number of ether oxygens (including phenoxy) is 1. The Morgan fingerprint density at radius 2 is 1.88 bits per heavy atom. The molecule has 0 saturated heterocycles. The Morgan fingerprint density at radius 3 is 2.42 bits per heavy atom. The van der Waals surface area contributed by atoms with Crippen LogP contribution in [0.1, 0.15) is 41.3 Å². The molecule has 2 aromatic carbocycles. The minimum atomic E-state index is -4.36. The first-order valence-corrected chi connectivity index (χ1v) is 9.71. The summed E-state index contributed by atoms with van der Waals surface area (Å²) in [7, 11) is -4.36. The lowest BCUT2D eigenvalue weighted by Crippen LogP contribution is -2.14. The Kier molecular flexibility index (Phi) is 5.67. The molecule has 128 valence electrons. The number of benzene rings is 2. The Balaban J connectivity index is 2.47. The third-order valence-electron chi connectivity index (χ3n) is 3.48. The first kappa shape index (κ1) is 18.9. The molecule has 0 unspecified atom stereocenters. The van der Waals surface area contributed by atoms with Crippen molar-refractivity contribution in [2.45, 2.75) is 31.6 Å². The maximum atomic E-state index is 12.4. The second kappa shape index (κ2) is 7.20. The lowest BCUT2D eigenvalue weighted by molar-refractivity contribution is 0.0733. The number of hydrogen-bond donors (Lipinski definition) is 1. The quantitative estimate of drug-likeness (QED) is 0.321. The minimum Gasteiger partial charge on any atom is -0.423 e. The predicted molar refractivity (Wildman–Crippen MR) is 99.2 cm³/mol. The van der Waals surface area contributed by atoms with Gasteiger partial charge in [0.2, 0.25) is 0 Å². The second-order valence-corrected chi connectivity index (χ2v) is 8.32. The van der Waals surface area contributed by atoms with Crippen molar-refractivity contribution >= 4 is 38.7 Å². The van der Waals surface area contributed by atoms with E-state index >= 15 is 0 Å². The van der Waals surface area contributed by atoms with Crippen LogP contribution in [0.4, 0.5) is 0 Å². The SMILES string of the molecule is Cc1cc(S(=O)(=O)O)c(C(C)C)cc1C(=O)Oc1cccc(I)c1. The van der Waals surface area contributed by atoms with Gasteiger partial charge in [-0.25, -0.2) is 4.79 Å². The Labute approximate surface area is 154 Å². The zero-order valence-electron chi connectivity index (χ0n) is 13.4. The van der Waals surface area contributed by atoms with Gasteiger partial charge in [-0.15, -0.1) is 0 Å². The van der Waals surface area contributed by atoms with Crippen LogP contribution in [0.5, 0.6) is 5.75 Å². The third-order valence-corrected chi connectivity index (χ3v) is 5.06. The molecule has 0 spiro atoms. The van der Waals surface area contributed by atoms with Gasteiger partial charge in [-0.2, -0.15) is 8.42 Å². The summed E-state index contributed by atoms with van der Waals surface area (Å²) in [5, 5.41) is 0. The van der Waals surface area contributed by atoms with Crippen LogP contribution in [-0.4, -0.2) is 18.9 Å². The summed E-state index contributed by atoms with van der Waals surface area (Å²) in [5.74, 6) is -0.346. The zero-order valence-corrected chi connectivity index (χ0v) is 16.4. The van der Waals surface area contributed by atoms with Crippen LogP contribution in [0.25, 0.3) is 0 Å². The van der Waals surface area contributed by atoms with Gasteiger partial charge in [0, 0.05) is 3.57 Å². The van der Waals surface area contributed by atoms with Crippen molar-refractivity contribution in [2.75, 3.05) is 0 Å². The Hall–Kier alpha value is -1.45. The van der Waals surface area contributed by atoms with Crippen molar-refractivity contribution in [3.63, 3.8) is 0 Å². The summed E-state index contributed by atoms with van der Waals surface area (Å²) in [4.78, 5) is 12.3. The molecule has 0 fully saturated rings. The van der Waals surface area contributed by atoms with Crippen molar-refractivity contribution in [2.24, 2.45) is 0 Å². The summed E-state index contributed by atoms with van der Waals surface area (Å²) >= 11 is 2.11. The molecular weight excluding hydrogens is 443 g/mol. The van der Waals surface area contributed by atoms with E-state index in [1.54, 1.807) is 39.0 Å². The van der Waals surface area contributed by atoms with E-state index in [0.29, 0.717) is 16.9 Å². The topological polar surface area (TPSA) is 80.7 Å². The van der Waals surface area contributed by atoms with Gasteiger partial charge in [0.25, 0.3) is 10.1 Å². The molecule has 0 amide bonds. The van der Waals surface area contributed by atoms with Crippen LogP contribution in [0.3, 0.4) is 0 Å². The number of esters is 1. The van der Waals surface area contributed by atoms with E-state index in [1.165, 1.54) is 12.1 Å². The molecule has 0 bridgehead atoms. The summed E-state index contributed by atoms with van der Waals surface area (Å²) in [5.41, 5.74) is 1.06. The molecule has 1 N–H and O–H groups in total. The Morgan fingerprint density at radius 1 is 1.21 bits per heavy atom. The van der Waals surface area contributed by atoms with Gasteiger partial charge in [0.15, 0.2) is 0 Å². The monoisotopic (exact) mass is 460 g/mol. The van der Waals surface area contributed by atoms with Crippen molar-refractivity contribution in [1.82, 2.24) is 0 Å². The second-order valence-electron chi connectivity index (χ2n) is 5.68. The summed E-state index contributed by atoms with van der Waals surface area (Å²) < 4.78 is 38.8. The lowest BCUT2D eigenvalue weighted by atomic mass is 9.97. The average Bonchev–Trinajstić information content (AvgIpc) is 2.45. The van der Waals surface area contributed by atoms with Gasteiger partial charge >= 0.3 is 5.97 Å². The molecular formula is C17H17IO5S. The van der Waals surface area contributed by atoms with Gasteiger partial charge in [0.1, 0.15) is 5.75 Å². The number of carbonyl (C=O) groups excluding carboxylic acids is 1. The van der Waals surface area contributed by atoms with E-state index in [0.717, 1.165) is 3.57 Å². The van der Waals surface area contributed by atoms with Crippen LogP contribution in [0.2, 0.25) is 0 Å². The van der Waals surface area contributed by atoms with Crippen molar-refractivity contribution < 1.29 is 22.5 Å². The van der Waals surface area contributed by atoms with Crippen molar-refractivity contribution in [3.05, 3.63) is 56.7 Å². The molecule has 0 aromatic heterocycles. The van der Waals surface area contributed by atoms with E-state index in [-0.39, 0.29) is 16.4 Å². The molecule has 0 saturated carbocycles. The molecule has 2 aromatic rings.